The topological polar surface area (TPSA) is 128 Å². The van der Waals surface area contributed by atoms with Crippen molar-refractivity contribution in [2.75, 3.05) is 5.73 Å². The first-order valence-corrected chi connectivity index (χ1v) is 8.34. The van der Waals surface area contributed by atoms with Gasteiger partial charge in [-0.05, 0) is 24.1 Å². The Kier molecular flexibility index (Phi) is 4.91. The fourth-order valence-corrected chi connectivity index (χ4v) is 2.86. The van der Waals surface area contributed by atoms with Crippen LogP contribution in [-0.4, -0.2) is 20.9 Å². The average molecular weight is 385 g/mol. The number of nitrogens with two attached hydrogens (primary N) is 2. The zero-order valence-electron chi connectivity index (χ0n) is 15.1. The van der Waals surface area contributed by atoms with Crippen molar-refractivity contribution in [2.45, 2.75) is 19.8 Å². The van der Waals surface area contributed by atoms with Crippen molar-refractivity contribution in [1.82, 2.24) is 15.0 Å². The highest BCUT2D eigenvalue weighted by molar-refractivity contribution is 5.97. The van der Waals surface area contributed by atoms with Crippen LogP contribution in [0.4, 0.5) is 14.6 Å². The molecule has 0 fully saturated rings. The van der Waals surface area contributed by atoms with Crippen LogP contribution in [0.5, 0.6) is 0 Å². The molecule has 0 spiro atoms. The molecule has 3 aromatic rings. The third-order valence-corrected chi connectivity index (χ3v) is 4.07. The van der Waals surface area contributed by atoms with E-state index in [0.717, 1.165) is 18.2 Å². The van der Waals surface area contributed by atoms with Crippen molar-refractivity contribution in [2.24, 2.45) is 5.73 Å². The number of aromatic amines is 1. The van der Waals surface area contributed by atoms with Crippen LogP contribution in [0.1, 0.15) is 35.9 Å². The first kappa shape index (κ1) is 19.2. The largest absolute Gasteiger partial charge is 0.382 e. The Balaban J connectivity index is 2.41. The predicted molar refractivity (Wildman–Crippen MR) is 100 cm³/mol. The second-order valence-corrected chi connectivity index (χ2v) is 6.48. The van der Waals surface area contributed by atoms with Crippen LogP contribution in [0, 0.1) is 11.6 Å². The number of H-pyrrole nitrogens is 1. The summed E-state index contributed by atoms with van der Waals surface area (Å²) in [5.74, 6) is -2.93. The molecule has 5 N–H and O–H groups in total. The van der Waals surface area contributed by atoms with Crippen molar-refractivity contribution in [3.05, 3.63) is 63.7 Å². The van der Waals surface area contributed by atoms with Crippen molar-refractivity contribution in [3.8, 4) is 22.5 Å². The number of carbonyl (C=O) groups excluding carboxylic acids is 1. The summed E-state index contributed by atoms with van der Waals surface area (Å²) in [5.41, 5.74) is 11.7. The van der Waals surface area contributed by atoms with E-state index >= 15 is 0 Å². The molecule has 9 heteroatoms. The van der Waals surface area contributed by atoms with Gasteiger partial charge in [-0.1, -0.05) is 13.8 Å². The summed E-state index contributed by atoms with van der Waals surface area (Å²) >= 11 is 0. The van der Waals surface area contributed by atoms with Crippen LogP contribution in [0.2, 0.25) is 0 Å². The lowest BCUT2D eigenvalue weighted by atomic mass is 9.97. The Bertz CT molecular complexity index is 1120. The maximum Gasteiger partial charge on any atom is 0.271 e. The Morgan fingerprint density at radius 2 is 1.71 bits per heavy atom. The first-order valence-electron chi connectivity index (χ1n) is 8.34. The third kappa shape index (κ3) is 3.59. The molecular weight excluding hydrogens is 368 g/mol. The molecule has 0 radical (unpaired) electrons. The van der Waals surface area contributed by atoms with Gasteiger partial charge in [-0.15, -0.1) is 0 Å². The molecule has 144 valence electrons. The normalized spacial score (nSPS) is 11.0. The molecule has 0 aliphatic rings. The second-order valence-electron chi connectivity index (χ2n) is 6.48. The van der Waals surface area contributed by atoms with Gasteiger partial charge < -0.3 is 16.5 Å². The predicted octanol–water partition coefficient (Wildman–Crippen LogP) is 2.58. The lowest BCUT2D eigenvalue weighted by Crippen LogP contribution is -2.18. The number of pyridine rings is 1. The number of hydrogen-bond acceptors (Lipinski definition) is 5. The molecule has 0 aliphatic carbocycles. The molecule has 0 bridgehead atoms. The number of primary amides is 1. The monoisotopic (exact) mass is 385 g/mol. The van der Waals surface area contributed by atoms with Gasteiger partial charge in [0.2, 0.25) is 5.56 Å². The number of nitrogen functional groups attached to an aromatic ring is 1. The van der Waals surface area contributed by atoms with E-state index in [-0.39, 0.29) is 39.9 Å². The number of hydrogen-bond donors (Lipinski definition) is 3. The molecule has 0 saturated carbocycles. The number of rotatable bonds is 4. The molecular formula is C19H17F2N5O2. The number of aromatic nitrogens is 3. The summed E-state index contributed by atoms with van der Waals surface area (Å²) in [6.45, 7) is 3.69. The minimum absolute atomic E-state index is 0.0508. The van der Waals surface area contributed by atoms with E-state index in [0.29, 0.717) is 11.3 Å². The van der Waals surface area contributed by atoms with Crippen LogP contribution in [0.3, 0.4) is 0 Å². The van der Waals surface area contributed by atoms with Gasteiger partial charge in [0.05, 0.1) is 11.4 Å². The number of amides is 1. The summed E-state index contributed by atoms with van der Waals surface area (Å²) in [7, 11) is 0. The van der Waals surface area contributed by atoms with Crippen molar-refractivity contribution in [1.29, 1.82) is 0 Å². The van der Waals surface area contributed by atoms with Crippen molar-refractivity contribution >= 4 is 11.7 Å². The Hall–Kier alpha value is -3.62. The number of nitrogens with one attached hydrogen (secondary N) is 1. The average Bonchev–Trinajstić information content (AvgIpc) is 2.60. The molecule has 28 heavy (non-hydrogen) atoms. The molecule has 7 nitrogen and oxygen atoms in total. The molecule has 2 aromatic heterocycles. The molecule has 3 rings (SSSR count). The fraction of sp³-hybridized carbons (Fsp3) is 0.158. The summed E-state index contributed by atoms with van der Waals surface area (Å²) in [6.07, 6.45) is 0. The van der Waals surface area contributed by atoms with Crippen LogP contribution in [-0.2, 0) is 0 Å². The van der Waals surface area contributed by atoms with E-state index in [1.165, 1.54) is 12.1 Å². The minimum atomic E-state index is -0.904. The summed E-state index contributed by atoms with van der Waals surface area (Å²) in [6, 6.07) is 5.64. The maximum absolute atomic E-state index is 13.8. The van der Waals surface area contributed by atoms with Gasteiger partial charge in [0.25, 0.3) is 5.91 Å². The van der Waals surface area contributed by atoms with Crippen molar-refractivity contribution < 1.29 is 13.6 Å². The van der Waals surface area contributed by atoms with E-state index in [4.69, 9.17) is 11.5 Å². The molecule has 0 saturated heterocycles. The first-order chi connectivity index (χ1) is 13.2. The van der Waals surface area contributed by atoms with Gasteiger partial charge in [-0.25, -0.2) is 18.7 Å². The molecule has 0 atom stereocenters. The van der Waals surface area contributed by atoms with Crippen LogP contribution in [0.25, 0.3) is 22.5 Å². The van der Waals surface area contributed by atoms with Gasteiger partial charge >= 0.3 is 0 Å². The summed E-state index contributed by atoms with van der Waals surface area (Å²) < 4.78 is 27.6. The highest BCUT2D eigenvalue weighted by atomic mass is 19.1. The maximum atomic E-state index is 13.8. The lowest BCUT2D eigenvalue weighted by Gasteiger charge is -2.16. The van der Waals surface area contributed by atoms with Crippen LogP contribution < -0.4 is 17.0 Å². The van der Waals surface area contributed by atoms with Crippen molar-refractivity contribution in [3.63, 3.8) is 0 Å². The third-order valence-electron chi connectivity index (χ3n) is 4.07. The second kappa shape index (κ2) is 7.18. The fourth-order valence-electron chi connectivity index (χ4n) is 2.86. The van der Waals surface area contributed by atoms with E-state index in [1.54, 1.807) is 0 Å². The van der Waals surface area contributed by atoms with Crippen LogP contribution in [0.15, 0.2) is 35.1 Å². The van der Waals surface area contributed by atoms with Gasteiger partial charge in [0.15, 0.2) is 11.5 Å². The summed E-state index contributed by atoms with van der Waals surface area (Å²) in [4.78, 5) is 34.5. The molecule has 2 heterocycles. The Morgan fingerprint density at radius 1 is 1.07 bits per heavy atom. The molecule has 0 unspecified atom stereocenters. The summed E-state index contributed by atoms with van der Waals surface area (Å²) in [5, 5.41) is 0. The standard InChI is InChI=1S/C19H17F2N5O2/c1-8(2)14-12(3-4-13(27)24-14)16-15(9-5-10(20)7-11(21)6-9)26-18(22)17(25-16)19(23)28/h3-8H,1-2H3,(H2,22,26)(H2,23,28)(H,24,27). The quantitative estimate of drug-likeness (QED) is 0.636. The number of halogens is 2. The van der Waals surface area contributed by atoms with Gasteiger partial charge in [-0.2, -0.15) is 0 Å². The highest BCUT2D eigenvalue weighted by Gasteiger charge is 2.22. The van der Waals surface area contributed by atoms with Gasteiger partial charge in [0.1, 0.15) is 11.6 Å². The Labute approximate surface area is 158 Å². The number of carbonyl (C=O) groups is 1. The number of anilines is 1. The molecule has 1 aromatic carbocycles. The SMILES string of the molecule is CC(C)c1[nH]c(=O)ccc1-c1nc(C(N)=O)c(N)nc1-c1cc(F)cc(F)c1. The Morgan fingerprint density at radius 3 is 2.29 bits per heavy atom. The van der Waals surface area contributed by atoms with Gasteiger partial charge in [-0.3, -0.25) is 9.59 Å². The lowest BCUT2D eigenvalue weighted by molar-refractivity contribution is 0.0996. The zero-order chi connectivity index (χ0) is 20.6. The number of benzene rings is 1. The van der Waals surface area contributed by atoms with Gasteiger partial charge in [0, 0.05) is 29.0 Å². The smallest absolute Gasteiger partial charge is 0.271 e. The molecule has 0 aliphatic heterocycles. The molecule has 1 amide bonds. The van der Waals surface area contributed by atoms with E-state index in [9.17, 15) is 18.4 Å². The minimum Gasteiger partial charge on any atom is -0.382 e. The highest BCUT2D eigenvalue weighted by Crippen LogP contribution is 2.34. The number of nitrogens with zero attached hydrogens (tertiary/aromatic N) is 2. The van der Waals surface area contributed by atoms with E-state index in [2.05, 4.69) is 15.0 Å². The van der Waals surface area contributed by atoms with E-state index < -0.39 is 17.5 Å². The zero-order valence-corrected chi connectivity index (χ0v) is 15.1. The van der Waals surface area contributed by atoms with E-state index in [1.807, 2.05) is 13.8 Å². The van der Waals surface area contributed by atoms with Crippen LogP contribution >= 0.6 is 0 Å².